The van der Waals surface area contributed by atoms with Gasteiger partial charge in [0.15, 0.2) is 17.5 Å². The van der Waals surface area contributed by atoms with Crippen molar-refractivity contribution in [3.63, 3.8) is 0 Å². The van der Waals surface area contributed by atoms with Crippen molar-refractivity contribution in [2.75, 3.05) is 14.2 Å². The molecule has 1 saturated carbocycles. The summed E-state index contributed by atoms with van der Waals surface area (Å²) in [4.78, 5) is 4.42. The zero-order valence-corrected chi connectivity index (χ0v) is 16.8. The summed E-state index contributed by atoms with van der Waals surface area (Å²) >= 11 is 0. The summed E-state index contributed by atoms with van der Waals surface area (Å²) in [6, 6.07) is 16.6. The maximum Gasteiger partial charge on any atom is 0.189 e. The highest BCUT2D eigenvalue weighted by Crippen LogP contribution is 2.40. The van der Waals surface area contributed by atoms with E-state index in [4.69, 9.17) is 15.2 Å². The smallest absolute Gasteiger partial charge is 0.189 e. The minimum atomic E-state index is 0. The van der Waals surface area contributed by atoms with Gasteiger partial charge in [0.2, 0.25) is 0 Å². The van der Waals surface area contributed by atoms with Crippen LogP contribution in [0.2, 0.25) is 0 Å². The van der Waals surface area contributed by atoms with Crippen LogP contribution in [0.5, 0.6) is 11.5 Å². The van der Waals surface area contributed by atoms with Gasteiger partial charge < -0.3 is 20.5 Å². The van der Waals surface area contributed by atoms with Crippen molar-refractivity contribution in [2.24, 2.45) is 10.7 Å². The zero-order chi connectivity index (χ0) is 16.9. The third kappa shape index (κ3) is 5.01. The Labute approximate surface area is 165 Å². The van der Waals surface area contributed by atoms with Gasteiger partial charge in [-0.3, -0.25) is 0 Å². The van der Waals surface area contributed by atoms with Crippen molar-refractivity contribution in [2.45, 2.75) is 24.9 Å². The number of nitrogens with one attached hydrogen (secondary N) is 1. The van der Waals surface area contributed by atoms with E-state index in [-0.39, 0.29) is 24.0 Å². The number of aliphatic imine (C=N–C) groups is 1. The lowest BCUT2D eigenvalue weighted by molar-refractivity contribution is 0.354. The molecule has 0 heterocycles. The Bertz CT molecular complexity index is 722. The van der Waals surface area contributed by atoms with Crippen LogP contribution in [-0.4, -0.2) is 26.2 Å². The highest BCUT2D eigenvalue weighted by molar-refractivity contribution is 14.0. The Morgan fingerprint density at radius 2 is 1.84 bits per heavy atom. The number of guanidine groups is 1. The van der Waals surface area contributed by atoms with E-state index in [1.807, 2.05) is 24.3 Å². The van der Waals surface area contributed by atoms with Crippen LogP contribution in [0, 0.1) is 0 Å². The summed E-state index contributed by atoms with van der Waals surface area (Å²) in [7, 11) is 3.24. The normalized spacial score (nSPS) is 18.9. The standard InChI is InChI=1S/C19H23N3O2.HI/c1-23-17-9-8-13(10-18(17)24-2)12-21-19(20)22-16-11-15(16)14-6-4-3-5-7-14;/h3-10,15-16H,11-12H2,1-2H3,(H3,20,21,22);1H. The van der Waals surface area contributed by atoms with E-state index < -0.39 is 0 Å². The van der Waals surface area contributed by atoms with Crippen molar-refractivity contribution in [1.82, 2.24) is 5.32 Å². The molecule has 2 aromatic carbocycles. The fourth-order valence-electron chi connectivity index (χ4n) is 2.81. The highest BCUT2D eigenvalue weighted by atomic mass is 127. The lowest BCUT2D eigenvalue weighted by Gasteiger charge is -2.09. The third-order valence-electron chi connectivity index (χ3n) is 4.23. The van der Waals surface area contributed by atoms with Gasteiger partial charge >= 0.3 is 0 Å². The Morgan fingerprint density at radius 3 is 2.52 bits per heavy atom. The van der Waals surface area contributed by atoms with Crippen molar-refractivity contribution in [1.29, 1.82) is 0 Å². The first-order valence-electron chi connectivity index (χ1n) is 8.03. The number of benzene rings is 2. The lowest BCUT2D eigenvalue weighted by atomic mass is 10.1. The Morgan fingerprint density at radius 1 is 1.12 bits per heavy atom. The fourth-order valence-corrected chi connectivity index (χ4v) is 2.81. The van der Waals surface area contributed by atoms with E-state index in [1.165, 1.54) is 5.56 Å². The Hall–Kier alpha value is -1.96. The molecule has 25 heavy (non-hydrogen) atoms. The van der Waals surface area contributed by atoms with Crippen LogP contribution in [0.25, 0.3) is 0 Å². The summed E-state index contributed by atoms with van der Waals surface area (Å²) in [6.45, 7) is 0.502. The SMILES string of the molecule is COc1ccc(CN=C(N)NC2CC2c2ccccc2)cc1OC.I. The predicted octanol–water partition coefficient (Wildman–Crippen LogP) is 3.28. The van der Waals surface area contributed by atoms with Crippen molar-refractivity contribution >= 4 is 29.9 Å². The van der Waals surface area contributed by atoms with Crippen LogP contribution in [0.1, 0.15) is 23.5 Å². The first-order valence-corrected chi connectivity index (χ1v) is 8.03. The molecule has 5 nitrogen and oxygen atoms in total. The zero-order valence-electron chi connectivity index (χ0n) is 14.4. The molecule has 0 aliphatic heterocycles. The molecule has 134 valence electrons. The van der Waals surface area contributed by atoms with Gasteiger partial charge in [0.25, 0.3) is 0 Å². The number of nitrogens with zero attached hydrogens (tertiary/aromatic N) is 1. The number of halogens is 1. The van der Waals surface area contributed by atoms with Crippen LogP contribution < -0.4 is 20.5 Å². The predicted molar refractivity (Wildman–Crippen MR) is 111 cm³/mol. The van der Waals surface area contributed by atoms with Gasteiger partial charge in [-0.15, -0.1) is 24.0 Å². The minimum Gasteiger partial charge on any atom is -0.493 e. The van der Waals surface area contributed by atoms with Crippen LogP contribution in [0.4, 0.5) is 0 Å². The molecule has 1 fully saturated rings. The molecule has 3 N–H and O–H groups in total. The maximum atomic E-state index is 6.01. The molecule has 0 aromatic heterocycles. The monoisotopic (exact) mass is 453 g/mol. The van der Waals surface area contributed by atoms with Gasteiger partial charge in [-0.25, -0.2) is 4.99 Å². The molecular formula is C19H24IN3O2. The average Bonchev–Trinajstić information content (AvgIpc) is 3.39. The number of hydrogen-bond acceptors (Lipinski definition) is 3. The summed E-state index contributed by atoms with van der Waals surface area (Å²) < 4.78 is 10.5. The van der Waals surface area contributed by atoms with Gasteiger partial charge in [0, 0.05) is 12.0 Å². The van der Waals surface area contributed by atoms with Crippen molar-refractivity contribution in [3.05, 3.63) is 59.7 Å². The molecule has 0 radical (unpaired) electrons. The summed E-state index contributed by atoms with van der Waals surface area (Å²) in [5.41, 5.74) is 8.38. The summed E-state index contributed by atoms with van der Waals surface area (Å²) in [6.07, 6.45) is 1.09. The van der Waals surface area contributed by atoms with Gasteiger partial charge in [0.1, 0.15) is 0 Å². The molecule has 0 saturated heterocycles. The molecule has 0 amide bonds. The van der Waals surface area contributed by atoms with E-state index >= 15 is 0 Å². The summed E-state index contributed by atoms with van der Waals surface area (Å²) in [5.74, 6) is 2.41. The second-order valence-electron chi connectivity index (χ2n) is 5.89. The number of ether oxygens (including phenoxy) is 2. The third-order valence-corrected chi connectivity index (χ3v) is 4.23. The second-order valence-corrected chi connectivity index (χ2v) is 5.89. The Kier molecular flexibility index (Phi) is 6.92. The van der Waals surface area contributed by atoms with E-state index in [1.54, 1.807) is 14.2 Å². The molecule has 2 aromatic rings. The average molecular weight is 453 g/mol. The molecule has 0 bridgehead atoms. The second kappa shape index (κ2) is 8.94. The topological polar surface area (TPSA) is 68.9 Å². The number of rotatable bonds is 6. The molecule has 1 aliphatic rings. The van der Waals surface area contributed by atoms with Crippen molar-refractivity contribution in [3.8, 4) is 11.5 Å². The van der Waals surface area contributed by atoms with E-state index in [2.05, 4.69) is 34.6 Å². The first kappa shape index (κ1) is 19.4. The number of methoxy groups -OCH3 is 2. The van der Waals surface area contributed by atoms with Crippen LogP contribution in [0.3, 0.4) is 0 Å². The van der Waals surface area contributed by atoms with E-state index in [9.17, 15) is 0 Å². The molecule has 2 atom stereocenters. The maximum absolute atomic E-state index is 6.01. The van der Waals surface area contributed by atoms with Crippen LogP contribution >= 0.6 is 24.0 Å². The van der Waals surface area contributed by atoms with E-state index in [0.717, 1.165) is 12.0 Å². The fraction of sp³-hybridized carbons (Fsp3) is 0.316. The molecule has 0 spiro atoms. The van der Waals surface area contributed by atoms with E-state index in [0.29, 0.717) is 36.0 Å². The van der Waals surface area contributed by atoms with Gasteiger partial charge in [-0.2, -0.15) is 0 Å². The molecule has 6 heteroatoms. The molecule has 3 rings (SSSR count). The van der Waals surface area contributed by atoms with Crippen LogP contribution in [-0.2, 0) is 6.54 Å². The molecular weight excluding hydrogens is 429 g/mol. The largest absolute Gasteiger partial charge is 0.493 e. The summed E-state index contributed by atoms with van der Waals surface area (Å²) in [5, 5.41) is 3.30. The quantitative estimate of drug-likeness (QED) is 0.400. The van der Waals surface area contributed by atoms with Gasteiger partial charge in [-0.1, -0.05) is 36.4 Å². The Balaban J connectivity index is 0.00000225. The highest BCUT2D eigenvalue weighted by Gasteiger charge is 2.38. The number of hydrogen-bond donors (Lipinski definition) is 2. The van der Waals surface area contributed by atoms with Gasteiger partial charge in [-0.05, 0) is 29.7 Å². The van der Waals surface area contributed by atoms with Crippen LogP contribution in [0.15, 0.2) is 53.5 Å². The van der Waals surface area contributed by atoms with Crippen molar-refractivity contribution < 1.29 is 9.47 Å². The molecule has 2 unspecified atom stereocenters. The lowest BCUT2D eigenvalue weighted by Crippen LogP contribution is -2.34. The molecule has 1 aliphatic carbocycles. The number of nitrogens with two attached hydrogens (primary N) is 1. The van der Waals surface area contributed by atoms with Gasteiger partial charge in [0.05, 0.1) is 20.8 Å². The first-order chi connectivity index (χ1) is 11.7. The minimum absolute atomic E-state index is 0.